The van der Waals surface area contributed by atoms with Gasteiger partial charge in [-0.2, -0.15) is 0 Å². The van der Waals surface area contributed by atoms with E-state index in [-0.39, 0.29) is 11.8 Å². The van der Waals surface area contributed by atoms with Gasteiger partial charge in [0.15, 0.2) is 0 Å². The first-order chi connectivity index (χ1) is 14.1. The van der Waals surface area contributed by atoms with Crippen LogP contribution in [0.3, 0.4) is 0 Å². The first kappa shape index (κ1) is 20.3. The molecule has 0 bridgehead atoms. The number of nitrogens with zero attached hydrogens (tertiary/aromatic N) is 1. The van der Waals surface area contributed by atoms with E-state index in [9.17, 15) is 9.59 Å². The van der Waals surface area contributed by atoms with Gasteiger partial charge in [-0.25, -0.2) is 0 Å². The standard InChI is InChI=1S/C25H26N2O2/c1-3-27(18-21-7-5-4-6-8-21)25(29)23-15-13-22(14-16-23)24(28)26-17-20-11-9-19(2)10-12-20/h4-16H,3,17-18H2,1-2H3,(H,26,28). The molecular weight excluding hydrogens is 360 g/mol. The lowest BCUT2D eigenvalue weighted by Gasteiger charge is -2.21. The molecule has 0 aromatic heterocycles. The van der Waals surface area contributed by atoms with E-state index >= 15 is 0 Å². The summed E-state index contributed by atoms with van der Waals surface area (Å²) in [6, 6.07) is 24.8. The van der Waals surface area contributed by atoms with Crippen molar-refractivity contribution in [3.05, 3.63) is 107 Å². The van der Waals surface area contributed by atoms with Crippen LogP contribution in [0.15, 0.2) is 78.9 Å². The third-order valence-electron chi connectivity index (χ3n) is 4.85. The number of carbonyl (C=O) groups is 2. The molecule has 3 rings (SSSR count). The Morgan fingerprint density at radius 1 is 0.793 bits per heavy atom. The Hall–Kier alpha value is -3.40. The Balaban J connectivity index is 1.61. The molecule has 2 amide bonds. The number of hydrogen-bond acceptors (Lipinski definition) is 2. The number of carbonyl (C=O) groups excluding carboxylic acids is 2. The summed E-state index contributed by atoms with van der Waals surface area (Å²) in [5, 5.41) is 2.92. The summed E-state index contributed by atoms with van der Waals surface area (Å²) >= 11 is 0. The van der Waals surface area contributed by atoms with E-state index in [4.69, 9.17) is 0 Å². The molecule has 29 heavy (non-hydrogen) atoms. The van der Waals surface area contributed by atoms with Gasteiger partial charge in [0.1, 0.15) is 0 Å². The Morgan fingerprint density at radius 2 is 1.41 bits per heavy atom. The number of aryl methyl sites for hydroxylation is 1. The summed E-state index contributed by atoms with van der Waals surface area (Å²) in [4.78, 5) is 27.0. The lowest BCUT2D eigenvalue weighted by molar-refractivity contribution is 0.0752. The summed E-state index contributed by atoms with van der Waals surface area (Å²) in [5.74, 6) is -0.191. The highest BCUT2D eigenvalue weighted by Gasteiger charge is 2.15. The van der Waals surface area contributed by atoms with Gasteiger partial charge in [0.2, 0.25) is 0 Å². The van der Waals surface area contributed by atoms with Crippen molar-refractivity contribution in [1.82, 2.24) is 10.2 Å². The molecule has 148 valence electrons. The molecule has 0 fully saturated rings. The summed E-state index contributed by atoms with van der Waals surface area (Å²) in [5.41, 5.74) is 4.46. The van der Waals surface area contributed by atoms with Gasteiger partial charge in [0, 0.05) is 30.8 Å². The third-order valence-corrected chi connectivity index (χ3v) is 4.85. The minimum atomic E-state index is -0.152. The number of rotatable bonds is 7. The lowest BCUT2D eigenvalue weighted by atomic mass is 10.1. The van der Waals surface area contributed by atoms with Crippen LogP contribution in [-0.4, -0.2) is 23.3 Å². The molecule has 0 aliphatic heterocycles. The average Bonchev–Trinajstić information content (AvgIpc) is 2.77. The van der Waals surface area contributed by atoms with Crippen molar-refractivity contribution in [2.24, 2.45) is 0 Å². The molecule has 0 aliphatic carbocycles. The highest BCUT2D eigenvalue weighted by molar-refractivity contribution is 5.97. The molecule has 4 heteroatoms. The SMILES string of the molecule is CCN(Cc1ccccc1)C(=O)c1ccc(C(=O)NCc2ccc(C)cc2)cc1. The fraction of sp³-hybridized carbons (Fsp3) is 0.200. The molecule has 1 N–H and O–H groups in total. The highest BCUT2D eigenvalue weighted by Crippen LogP contribution is 2.12. The zero-order valence-electron chi connectivity index (χ0n) is 16.9. The van der Waals surface area contributed by atoms with Crippen molar-refractivity contribution in [2.75, 3.05) is 6.54 Å². The van der Waals surface area contributed by atoms with Gasteiger partial charge in [-0.1, -0.05) is 60.2 Å². The maximum absolute atomic E-state index is 12.8. The number of benzene rings is 3. The van der Waals surface area contributed by atoms with Crippen LogP contribution in [0.1, 0.15) is 44.3 Å². The summed E-state index contributed by atoms with van der Waals surface area (Å²) in [6.07, 6.45) is 0. The molecule has 0 unspecified atom stereocenters. The van der Waals surface area contributed by atoms with Crippen molar-refractivity contribution in [1.29, 1.82) is 0 Å². The minimum Gasteiger partial charge on any atom is -0.348 e. The molecule has 0 aliphatic rings. The Morgan fingerprint density at radius 3 is 2.03 bits per heavy atom. The molecule has 0 saturated carbocycles. The maximum atomic E-state index is 12.8. The summed E-state index contributed by atoms with van der Waals surface area (Å²) in [6.45, 7) is 5.65. The van der Waals surface area contributed by atoms with Crippen molar-refractivity contribution in [3.8, 4) is 0 Å². The van der Waals surface area contributed by atoms with Crippen molar-refractivity contribution in [3.63, 3.8) is 0 Å². The molecule has 0 heterocycles. The van der Waals surface area contributed by atoms with Crippen LogP contribution in [0.4, 0.5) is 0 Å². The fourth-order valence-corrected chi connectivity index (χ4v) is 3.07. The van der Waals surface area contributed by atoms with Gasteiger partial charge in [-0.3, -0.25) is 9.59 Å². The van der Waals surface area contributed by atoms with Crippen LogP contribution in [0.25, 0.3) is 0 Å². The highest BCUT2D eigenvalue weighted by atomic mass is 16.2. The summed E-state index contributed by atoms with van der Waals surface area (Å²) in [7, 11) is 0. The molecule has 0 spiro atoms. The van der Waals surface area contributed by atoms with Crippen LogP contribution < -0.4 is 5.32 Å². The minimum absolute atomic E-state index is 0.0389. The number of hydrogen-bond donors (Lipinski definition) is 1. The second kappa shape index (κ2) is 9.69. The van der Waals surface area contributed by atoms with E-state index in [0.29, 0.717) is 30.8 Å². The van der Waals surface area contributed by atoms with E-state index in [2.05, 4.69) is 5.32 Å². The second-order valence-corrected chi connectivity index (χ2v) is 7.05. The molecule has 3 aromatic carbocycles. The van der Waals surface area contributed by atoms with Crippen LogP contribution in [-0.2, 0) is 13.1 Å². The van der Waals surface area contributed by atoms with E-state index in [0.717, 1.165) is 11.1 Å². The van der Waals surface area contributed by atoms with Gasteiger partial charge in [-0.15, -0.1) is 0 Å². The zero-order valence-corrected chi connectivity index (χ0v) is 16.9. The van der Waals surface area contributed by atoms with Gasteiger partial charge >= 0.3 is 0 Å². The lowest BCUT2D eigenvalue weighted by Crippen LogP contribution is -2.30. The first-order valence-electron chi connectivity index (χ1n) is 9.84. The van der Waals surface area contributed by atoms with E-state index < -0.39 is 0 Å². The first-order valence-corrected chi connectivity index (χ1v) is 9.84. The molecule has 0 atom stereocenters. The Kier molecular flexibility index (Phi) is 6.80. The van der Waals surface area contributed by atoms with Crippen molar-refractivity contribution < 1.29 is 9.59 Å². The molecule has 3 aromatic rings. The molecule has 0 radical (unpaired) electrons. The van der Waals surface area contributed by atoms with Crippen molar-refractivity contribution >= 4 is 11.8 Å². The topological polar surface area (TPSA) is 49.4 Å². The van der Waals surface area contributed by atoms with E-state index in [1.807, 2.05) is 68.4 Å². The van der Waals surface area contributed by atoms with Gasteiger partial charge in [-0.05, 0) is 49.2 Å². The average molecular weight is 386 g/mol. The quantitative estimate of drug-likeness (QED) is 0.646. The predicted octanol–water partition coefficient (Wildman–Crippen LogP) is 4.59. The fourth-order valence-electron chi connectivity index (χ4n) is 3.07. The summed E-state index contributed by atoms with van der Waals surface area (Å²) < 4.78 is 0. The monoisotopic (exact) mass is 386 g/mol. The third kappa shape index (κ3) is 5.55. The van der Waals surface area contributed by atoms with Gasteiger partial charge < -0.3 is 10.2 Å². The van der Waals surface area contributed by atoms with Crippen LogP contribution in [0.5, 0.6) is 0 Å². The molecular formula is C25H26N2O2. The van der Waals surface area contributed by atoms with Gasteiger partial charge in [0.05, 0.1) is 0 Å². The second-order valence-electron chi connectivity index (χ2n) is 7.05. The zero-order chi connectivity index (χ0) is 20.6. The Labute approximate surface area is 172 Å². The van der Waals surface area contributed by atoms with Crippen molar-refractivity contribution in [2.45, 2.75) is 26.9 Å². The Bertz CT molecular complexity index is 948. The van der Waals surface area contributed by atoms with Crippen LogP contribution >= 0.6 is 0 Å². The smallest absolute Gasteiger partial charge is 0.254 e. The normalized spacial score (nSPS) is 10.4. The van der Waals surface area contributed by atoms with Crippen LogP contribution in [0, 0.1) is 6.92 Å². The largest absolute Gasteiger partial charge is 0.348 e. The van der Waals surface area contributed by atoms with Crippen LogP contribution in [0.2, 0.25) is 0 Å². The van der Waals surface area contributed by atoms with E-state index in [1.165, 1.54) is 5.56 Å². The molecule has 4 nitrogen and oxygen atoms in total. The maximum Gasteiger partial charge on any atom is 0.254 e. The predicted molar refractivity (Wildman–Crippen MR) is 116 cm³/mol. The van der Waals surface area contributed by atoms with E-state index in [1.54, 1.807) is 29.2 Å². The number of nitrogens with one attached hydrogen (secondary N) is 1. The molecule has 0 saturated heterocycles. The number of amides is 2. The van der Waals surface area contributed by atoms with Gasteiger partial charge in [0.25, 0.3) is 11.8 Å².